The van der Waals surface area contributed by atoms with Crippen molar-refractivity contribution in [2.45, 2.75) is 13.5 Å². The predicted molar refractivity (Wildman–Crippen MR) is 122 cm³/mol. The Labute approximate surface area is 186 Å². The number of methoxy groups -OCH3 is 1. The van der Waals surface area contributed by atoms with Crippen LogP contribution in [0, 0.1) is 12.3 Å². The molecule has 9 heteroatoms. The van der Waals surface area contributed by atoms with Gasteiger partial charge < -0.3 is 9.47 Å². The molecule has 0 radical (unpaired) electrons. The molecule has 2 aliphatic heterocycles. The fourth-order valence-corrected chi connectivity index (χ4v) is 4.17. The number of hydrazone groups is 1. The number of amides is 1. The highest BCUT2D eigenvalue weighted by molar-refractivity contribution is 9.10. The maximum atomic E-state index is 12.4. The number of aliphatic imine (C=N–C) groups is 1. The normalized spacial score (nSPS) is 16.7. The second-order valence-electron chi connectivity index (χ2n) is 6.51. The Balaban J connectivity index is 1.63. The third-order valence-corrected chi connectivity index (χ3v) is 5.86. The Bertz CT molecular complexity index is 1140. The SMILES string of the molecule is COc1cc(/C=C2/C(=N)N3N=CSC3=NC2=O)cc(Br)c1OCc1ccccc1C. The van der Waals surface area contributed by atoms with Gasteiger partial charge in [0.15, 0.2) is 22.5 Å². The lowest BCUT2D eigenvalue weighted by molar-refractivity contribution is -0.114. The van der Waals surface area contributed by atoms with Gasteiger partial charge >= 0.3 is 0 Å². The molecule has 7 nitrogen and oxygen atoms in total. The minimum Gasteiger partial charge on any atom is -0.493 e. The lowest BCUT2D eigenvalue weighted by Crippen LogP contribution is -2.35. The van der Waals surface area contributed by atoms with Gasteiger partial charge in [-0.05, 0) is 69.5 Å². The molecule has 0 saturated heterocycles. The first-order valence-corrected chi connectivity index (χ1v) is 10.6. The summed E-state index contributed by atoms with van der Waals surface area (Å²) >= 11 is 4.74. The van der Waals surface area contributed by atoms with E-state index in [2.05, 4.69) is 26.0 Å². The summed E-state index contributed by atoms with van der Waals surface area (Å²) in [6.45, 7) is 2.43. The molecule has 0 atom stereocenters. The molecule has 2 aromatic rings. The minimum absolute atomic E-state index is 0.0128. The number of thioether (sulfide) groups is 1. The molecule has 1 amide bonds. The van der Waals surface area contributed by atoms with Crippen molar-refractivity contribution in [3.8, 4) is 11.5 Å². The molecule has 0 spiro atoms. The highest BCUT2D eigenvalue weighted by atomic mass is 79.9. The molecule has 30 heavy (non-hydrogen) atoms. The van der Waals surface area contributed by atoms with Crippen LogP contribution >= 0.6 is 27.7 Å². The molecule has 152 valence electrons. The van der Waals surface area contributed by atoms with Gasteiger partial charge in [0.2, 0.25) is 0 Å². The Hall–Kier alpha value is -2.91. The van der Waals surface area contributed by atoms with Crippen molar-refractivity contribution in [2.75, 3.05) is 7.11 Å². The molecule has 1 N–H and O–H groups in total. The number of fused-ring (bicyclic) bond motifs is 1. The summed E-state index contributed by atoms with van der Waals surface area (Å²) < 4.78 is 12.2. The number of aryl methyl sites for hydroxylation is 1. The number of carbonyl (C=O) groups is 1. The zero-order chi connectivity index (χ0) is 21.3. The van der Waals surface area contributed by atoms with Crippen molar-refractivity contribution in [1.82, 2.24) is 5.01 Å². The van der Waals surface area contributed by atoms with Crippen molar-refractivity contribution < 1.29 is 14.3 Å². The Kier molecular flexibility index (Phi) is 5.74. The van der Waals surface area contributed by atoms with Gasteiger partial charge in [0.05, 0.1) is 22.7 Å². The summed E-state index contributed by atoms with van der Waals surface area (Å²) in [5, 5.41) is 14.1. The summed E-state index contributed by atoms with van der Waals surface area (Å²) in [7, 11) is 1.56. The maximum absolute atomic E-state index is 12.4. The molecule has 0 unspecified atom stereocenters. The van der Waals surface area contributed by atoms with Crippen LogP contribution in [-0.4, -0.2) is 34.6 Å². The predicted octanol–water partition coefficient (Wildman–Crippen LogP) is 4.59. The van der Waals surface area contributed by atoms with E-state index < -0.39 is 5.91 Å². The number of nitrogens with one attached hydrogen (secondary N) is 1. The Morgan fingerprint density at radius 1 is 1.30 bits per heavy atom. The molecule has 0 saturated carbocycles. The van der Waals surface area contributed by atoms with E-state index in [1.165, 1.54) is 16.8 Å². The highest BCUT2D eigenvalue weighted by Gasteiger charge is 2.32. The van der Waals surface area contributed by atoms with Crippen molar-refractivity contribution in [1.29, 1.82) is 5.41 Å². The van der Waals surface area contributed by atoms with Gasteiger partial charge in [-0.1, -0.05) is 24.3 Å². The number of nitrogens with zero attached hydrogens (tertiary/aromatic N) is 3. The summed E-state index contributed by atoms with van der Waals surface area (Å²) in [6, 6.07) is 11.6. The molecule has 2 heterocycles. The molecule has 4 rings (SSSR count). The van der Waals surface area contributed by atoms with Crippen molar-refractivity contribution >= 4 is 56.2 Å². The third-order valence-electron chi connectivity index (χ3n) is 4.59. The van der Waals surface area contributed by atoms with Gasteiger partial charge in [-0.25, -0.2) is 0 Å². The molecule has 0 bridgehead atoms. The van der Waals surface area contributed by atoms with Crippen LogP contribution in [0.25, 0.3) is 6.08 Å². The van der Waals surface area contributed by atoms with Crippen LogP contribution in [0.15, 0.2) is 56.5 Å². The van der Waals surface area contributed by atoms with Crippen LogP contribution in [0.5, 0.6) is 11.5 Å². The second kappa shape index (κ2) is 8.45. The molecule has 0 aromatic heterocycles. The largest absolute Gasteiger partial charge is 0.493 e. The van der Waals surface area contributed by atoms with Crippen molar-refractivity contribution in [3.05, 3.63) is 63.1 Å². The lowest BCUT2D eigenvalue weighted by atomic mass is 10.1. The molecule has 2 aliphatic rings. The molecular weight excluding hydrogens is 468 g/mol. The zero-order valence-corrected chi connectivity index (χ0v) is 18.6. The number of amidine groups is 2. The average molecular weight is 485 g/mol. The minimum atomic E-state index is -0.473. The van der Waals surface area contributed by atoms with E-state index in [-0.39, 0.29) is 11.4 Å². The van der Waals surface area contributed by atoms with Crippen LogP contribution in [-0.2, 0) is 11.4 Å². The number of halogens is 1. The number of benzene rings is 2. The van der Waals surface area contributed by atoms with Gasteiger partial charge in [-0.3, -0.25) is 10.2 Å². The fraction of sp³-hybridized carbons (Fsp3) is 0.143. The summed E-state index contributed by atoms with van der Waals surface area (Å²) in [5.74, 6) is 0.591. The van der Waals surface area contributed by atoms with E-state index in [0.29, 0.717) is 33.3 Å². The summed E-state index contributed by atoms with van der Waals surface area (Å²) in [4.78, 5) is 16.4. The van der Waals surface area contributed by atoms with Crippen molar-refractivity contribution in [2.24, 2.45) is 10.1 Å². The van der Waals surface area contributed by atoms with Gasteiger partial charge in [-0.2, -0.15) is 15.1 Å². The zero-order valence-electron chi connectivity index (χ0n) is 16.2. The maximum Gasteiger partial charge on any atom is 0.283 e. The number of hydrogen-bond acceptors (Lipinski definition) is 6. The first-order chi connectivity index (χ1) is 14.5. The van der Waals surface area contributed by atoms with Gasteiger partial charge in [0.1, 0.15) is 6.61 Å². The van der Waals surface area contributed by atoms with Crippen LogP contribution < -0.4 is 9.47 Å². The number of hydrogen-bond donors (Lipinski definition) is 1. The third kappa shape index (κ3) is 3.90. The van der Waals surface area contributed by atoms with Crippen LogP contribution in [0.4, 0.5) is 0 Å². The smallest absolute Gasteiger partial charge is 0.283 e. The van der Waals surface area contributed by atoms with E-state index in [9.17, 15) is 4.79 Å². The summed E-state index contributed by atoms with van der Waals surface area (Å²) in [6.07, 6.45) is 1.60. The van der Waals surface area contributed by atoms with Gasteiger partial charge in [0.25, 0.3) is 5.91 Å². The molecule has 0 aliphatic carbocycles. The topological polar surface area (TPSA) is 87.3 Å². The van der Waals surface area contributed by atoms with E-state index in [0.717, 1.165) is 11.1 Å². The lowest BCUT2D eigenvalue weighted by Gasteiger charge is -2.20. The molecular formula is C21H17BrN4O3S. The van der Waals surface area contributed by atoms with E-state index >= 15 is 0 Å². The molecule has 0 fully saturated rings. The quantitative estimate of drug-likeness (QED) is 0.626. The first-order valence-electron chi connectivity index (χ1n) is 8.95. The summed E-state index contributed by atoms with van der Waals surface area (Å²) in [5.41, 5.74) is 4.59. The standard InChI is InChI=1S/C21H17BrN4O3S/c1-12-5-3-4-6-14(12)10-29-18-16(22)8-13(9-17(18)28-2)7-15-19(23)26-21(25-20(15)27)30-11-24-26/h3-9,11,23H,10H2,1-2H3/b15-7-,23-19?. The van der Waals surface area contributed by atoms with Gasteiger partial charge in [-0.15, -0.1) is 0 Å². The fourth-order valence-electron chi connectivity index (χ4n) is 2.99. The highest BCUT2D eigenvalue weighted by Crippen LogP contribution is 2.38. The Morgan fingerprint density at radius 2 is 2.10 bits per heavy atom. The van der Waals surface area contributed by atoms with Crippen molar-refractivity contribution in [3.63, 3.8) is 0 Å². The van der Waals surface area contributed by atoms with E-state index in [4.69, 9.17) is 14.9 Å². The average Bonchev–Trinajstić information content (AvgIpc) is 3.19. The monoisotopic (exact) mass is 484 g/mol. The number of carbonyl (C=O) groups excluding carboxylic acids is 1. The van der Waals surface area contributed by atoms with Crippen LogP contribution in [0.3, 0.4) is 0 Å². The van der Waals surface area contributed by atoms with Crippen LogP contribution in [0.2, 0.25) is 0 Å². The Morgan fingerprint density at radius 3 is 2.87 bits per heavy atom. The van der Waals surface area contributed by atoms with E-state index in [1.807, 2.05) is 37.3 Å². The number of ether oxygens (including phenoxy) is 2. The first kappa shape index (κ1) is 20.4. The molecule has 2 aromatic carbocycles. The second-order valence-corrected chi connectivity index (χ2v) is 8.17. The van der Waals surface area contributed by atoms with E-state index in [1.54, 1.807) is 24.8 Å². The van der Waals surface area contributed by atoms with Gasteiger partial charge in [0, 0.05) is 0 Å². The number of rotatable bonds is 5. The van der Waals surface area contributed by atoms with Crippen LogP contribution in [0.1, 0.15) is 16.7 Å².